The van der Waals surface area contributed by atoms with Gasteiger partial charge in [-0.05, 0) is 78.4 Å². The standard InChI is InChI=1S/C31H30BClFN2O7S/c1-31-15-40-32(41-16-31,42-17-31)25-10-9-22(12-26(25)33)36(44(38)39)14-20-11-27-24(13-23(20)18-3-4-18)28(30(37)35-2)29(43-27)19-5-7-21(34)8-6-19/h5-13,18H,3-4,14-17H2,1-2H3,(H,35,37)(H,38,39)/q-1. The minimum atomic E-state index is -2.40. The van der Waals surface area contributed by atoms with E-state index in [1.165, 1.54) is 16.4 Å². The highest BCUT2D eigenvalue weighted by molar-refractivity contribution is 7.80. The molecule has 4 fully saturated rings. The molecule has 8 rings (SSSR count). The summed E-state index contributed by atoms with van der Waals surface area (Å²) in [4.78, 5) is 13.1. The summed E-state index contributed by atoms with van der Waals surface area (Å²) in [5.74, 6) is -0.165. The molecular formula is C31H30BClFN2O7S-. The summed E-state index contributed by atoms with van der Waals surface area (Å²) in [6.07, 6.45) is 1.92. The van der Waals surface area contributed by atoms with Gasteiger partial charge in [-0.2, -0.15) is 0 Å². The van der Waals surface area contributed by atoms with Crippen LogP contribution in [0.3, 0.4) is 0 Å². The van der Waals surface area contributed by atoms with Crippen LogP contribution in [-0.4, -0.2) is 48.3 Å². The lowest BCUT2D eigenvalue weighted by atomic mass is 9.64. The van der Waals surface area contributed by atoms with Gasteiger partial charge in [-0.15, -0.1) is 5.46 Å². The number of nitrogens with one attached hydrogen (secondary N) is 1. The van der Waals surface area contributed by atoms with Crippen molar-refractivity contribution >= 4 is 57.6 Å². The van der Waals surface area contributed by atoms with Crippen LogP contribution in [0.5, 0.6) is 0 Å². The van der Waals surface area contributed by atoms with E-state index in [4.69, 9.17) is 30.0 Å². The molecule has 3 saturated heterocycles. The Bertz CT molecular complexity index is 1790. The van der Waals surface area contributed by atoms with Gasteiger partial charge in [0.25, 0.3) is 17.2 Å². The van der Waals surface area contributed by atoms with Crippen LogP contribution in [0.1, 0.15) is 47.2 Å². The molecule has 0 spiro atoms. The third kappa shape index (κ3) is 5.13. The van der Waals surface area contributed by atoms with Gasteiger partial charge >= 0.3 is 6.75 Å². The third-order valence-corrected chi connectivity index (χ3v) is 9.68. The molecule has 4 aromatic rings. The highest BCUT2D eigenvalue weighted by Crippen LogP contribution is 2.45. The zero-order valence-electron chi connectivity index (χ0n) is 24.1. The summed E-state index contributed by atoms with van der Waals surface area (Å²) in [6, 6.07) is 14.5. The Kier molecular flexibility index (Phi) is 7.34. The molecule has 2 bridgehead atoms. The monoisotopic (exact) mass is 639 g/mol. The van der Waals surface area contributed by atoms with Gasteiger partial charge in [-0.3, -0.25) is 13.7 Å². The van der Waals surface area contributed by atoms with Gasteiger partial charge in [0, 0.05) is 48.3 Å². The van der Waals surface area contributed by atoms with Crippen LogP contribution in [0.25, 0.3) is 22.3 Å². The molecule has 3 aliphatic heterocycles. The molecule has 0 radical (unpaired) electrons. The van der Waals surface area contributed by atoms with Crippen molar-refractivity contribution in [2.45, 2.75) is 32.2 Å². The van der Waals surface area contributed by atoms with E-state index < -0.39 is 23.8 Å². The van der Waals surface area contributed by atoms with E-state index in [0.717, 1.165) is 24.0 Å². The fourth-order valence-electron chi connectivity index (χ4n) is 6.09. The van der Waals surface area contributed by atoms with Gasteiger partial charge in [0.1, 0.15) is 17.2 Å². The second kappa shape index (κ2) is 11.0. The average molecular weight is 640 g/mol. The quantitative estimate of drug-likeness (QED) is 0.194. The molecular weight excluding hydrogens is 610 g/mol. The molecule has 1 amide bonds. The second-order valence-electron chi connectivity index (χ2n) is 12.1. The predicted molar refractivity (Wildman–Crippen MR) is 167 cm³/mol. The van der Waals surface area contributed by atoms with Crippen molar-refractivity contribution in [3.63, 3.8) is 0 Å². The Morgan fingerprint density at radius 2 is 1.80 bits per heavy atom. The van der Waals surface area contributed by atoms with Crippen LogP contribution >= 0.6 is 11.6 Å². The maximum absolute atomic E-state index is 13.7. The Labute approximate surface area is 261 Å². The number of furan rings is 1. The Balaban J connectivity index is 1.27. The van der Waals surface area contributed by atoms with Gasteiger partial charge < -0.3 is 23.7 Å². The minimum absolute atomic E-state index is 0.0700. The first-order chi connectivity index (χ1) is 21.1. The van der Waals surface area contributed by atoms with Crippen molar-refractivity contribution in [1.29, 1.82) is 0 Å². The summed E-state index contributed by atoms with van der Waals surface area (Å²) in [6.45, 7) is 1.36. The summed E-state index contributed by atoms with van der Waals surface area (Å²) >= 11 is 4.32. The molecule has 2 N–H and O–H groups in total. The molecule has 230 valence electrons. The van der Waals surface area contributed by atoms with Crippen LogP contribution in [0.2, 0.25) is 5.02 Å². The van der Waals surface area contributed by atoms with Crippen molar-refractivity contribution in [2.24, 2.45) is 5.41 Å². The molecule has 1 aliphatic carbocycles. The van der Waals surface area contributed by atoms with Gasteiger partial charge in [0.15, 0.2) is 0 Å². The number of carbonyl (C=O) groups excluding carboxylic acids is 1. The van der Waals surface area contributed by atoms with Crippen molar-refractivity contribution in [3.8, 4) is 11.3 Å². The maximum Gasteiger partial charge on any atom is 0.411 e. The number of fused-ring (bicyclic) bond motifs is 4. The molecule has 9 nitrogen and oxygen atoms in total. The highest BCUT2D eigenvalue weighted by Gasteiger charge is 2.47. The average Bonchev–Trinajstić information content (AvgIpc) is 3.80. The molecule has 4 heterocycles. The number of nitrogens with zero attached hydrogens (tertiary/aromatic N) is 1. The first-order valence-electron chi connectivity index (χ1n) is 14.4. The summed E-state index contributed by atoms with van der Waals surface area (Å²) in [5.41, 5.74) is 3.87. The summed E-state index contributed by atoms with van der Waals surface area (Å²) < 4.78 is 62.4. The fourth-order valence-corrected chi connectivity index (χ4v) is 6.94. The number of hydrogen-bond donors (Lipinski definition) is 2. The van der Waals surface area contributed by atoms with E-state index in [0.29, 0.717) is 63.8 Å². The summed E-state index contributed by atoms with van der Waals surface area (Å²) in [5, 5.41) is 3.60. The van der Waals surface area contributed by atoms with Crippen LogP contribution in [0.4, 0.5) is 10.1 Å². The first kappa shape index (κ1) is 29.5. The lowest BCUT2D eigenvalue weighted by Gasteiger charge is -2.58. The number of rotatable bonds is 8. The molecule has 44 heavy (non-hydrogen) atoms. The molecule has 1 atom stereocenters. The molecule has 4 aliphatic rings. The third-order valence-electron chi connectivity index (χ3n) is 8.64. The number of anilines is 1. The predicted octanol–water partition coefficient (Wildman–Crippen LogP) is 5.50. The topological polar surface area (TPSA) is 110 Å². The molecule has 13 heteroatoms. The lowest BCUT2D eigenvalue weighted by molar-refractivity contribution is -0.119. The molecule has 1 saturated carbocycles. The van der Waals surface area contributed by atoms with E-state index in [-0.39, 0.29) is 23.8 Å². The van der Waals surface area contributed by atoms with Crippen molar-refractivity contribution in [3.05, 3.63) is 82.1 Å². The lowest BCUT2D eigenvalue weighted by Crippen LogP contribution is -2.69. The fraction of sp³-hybridized carbons (Fsp3) is 0.323. The van der Waals surface area contributed by atoms with Crippen LogP contribution in [0.15, 0.2) is 59.0 Å². The number of halogens is 2. The highest BCUT2D eigenvalue weighted by atomic mass is 35.5. The van der Waals surface area contributed by atoms with Crippen molar-refractivity contribution in [1.82, 2.24) is 5.32 Å². The Morgan fingerprint density at radius 1 is 1.11 bits per heavy atom. The Hall–Kier alpha value is -3.26. The van der Waals surface area contributed by atoms with E-state index in [2.05, 4.69) is 5.32 Å². The van der Waals surface area contributed by atoms with Gasteiger partial charge in [0.2, 0.25) is 0 Å². The molecule has 1 unspecified atom stereocenters. The van der Waals surface area contributed by atoms with E-state index >= 15 is 0 Å². The number of benzene rings is 3. The number of hydrogen-bond acceptors (Lipinski definition) is 6. The Morgan fingerprint density at radius 3 is 2.39 bits per heavy atom. The number of amides is 1. The van der Waals surface area contributed by atoms with Crippen molar-refractivity contribution in [2.75, 3.05) is 31.2 Å². The van der Waals surface area contributed by atoms with Crippen LogP contribution in [0, 0.1) is 11.2 Å². The normalized spacial score (nSPS) is 23.6. The molecule has 1 aromatic heterocycles. The van der Waals surface area contributed by atoms with Crippen LogP contribution < -0.4 is 15.1 Å². The van der Waals surface area contributed by atoms with E-state index in [1.807, 2.05) is 19.1 Å². The van der Waals surface area contributed by atoms with Crippen molar-refractivity contribution < 1.29 is 36.3 Å². The minimum Gasteiger partial charge on any atom is -0.540 e. The summed E-state index contributed by atoms with van der Waals surface area (Å²) in [7, 11) is 1.54. The molecule has 3 aromatic carbocycles. The number of carbonyl (C=O) groups is 1. The first-order valence-corrected chi connectivity index (χ1v) is 15.8. The zero-order chi connectivity index (χ0) is 30.8. The SMILES string of the molecule is CNC(=O)c1c(-c2ccc(F)cc2)oc2cc(CN(c3ccc([B-]45OCC(C)(CO4)CO5)c(Cl)c3)S(=O)O)c(C3CC3)cc12. The van der Waals surface area contributed by atoms with E-state index in [9.17, 15) is 17.9 Å². The smallest absolute Gasteiger partial charge is 0.411 e. The van der Waals surface area contributed by atoms with E-state index in [1.54, 1.807) is 37.4 Å². The van der Waals surface area contributed by atoms with Crippen LogP contribution in [-0.2, 0) is 31.8 Å². The maximum atomic E-state index is 13.7. The second-order valence-corrected chi connectivity index (χ2v) is 13.4. The zero-order valence-corrected chi connectivity index (χ0v) is 25.7. The van der Waals surface area contributed by atoms with Gasteiger partial charge in [-0.1, -0.05) is 24.6 Å². The largest absolute Gasteiger partial charge is 0.540 e. The van der Waals surface area contributed by atoms with Gasteiger partial charge in [-0.25, -0.2) is 8.60 Å². The van der Waals surface area contributed by atoms with Gasteiger partial charge in [0.05, 0.1) is 17.8 Å².